The smallest absolute Gasteiger partial charge is 0.258 e. The first-order valence-corrected chi connectivity index (χ1v) is 5.67. The predicted molar refractivity (Wildman–Crippen MR) is 65.4 cm³/mol. The standard InChI is InChI=1S/C13H14N4O/c1-13(2,3)7-11-16-12(18-17-11)9-4-5-15-10(6-9)8-14/h4-6H,7H2,1-3H3. The molecule has 18 heavy (non-hydrogen) atoms. The summed E-state index contributed by atoms with van der Waals surface area (Å²) in [6.45, 7) is 6.34. The van der Waals surface area contributed by atoms with Crippen LogP contribution in [0.4, 0.5) is 0 Å². The Kier molecular flexibility index (Phi) is 3.11. The van der Waals surface area contributed by atoms with E-state index in [0.717, 1.165) is 6.42 Å². The highest BCUT2D eigenvalue weighted by molar-refractivity contribution is 5.53. The van der Waals surface area contributed by atoms with Gasteiger partial charge in [-0.1, -0.05) is 25.9 Å². The van der Waals surface area contributed by atoms with E-state index in [0.29, 0.717) is 23.0 Å². The quantitative estimate of drug-likeness (QED) is 0.809. The molecule has 2 aromatic rings. The number of hydrogen-bond acceptors (Lipinski definition) is 5. The molecule has 0 aliphatic heterocycles. The first kappa shape index (κ1) is 12.2. The number of rotatable bonds is 2. The fourth-order valence-electron chi connectivity index (χ4n) is 1.54. The number of hydrogen-bond donors (Lipinski definition) is 0. The van der Waals surface area contributed by atoms with Gasteiger partial charge in [0, 0.05) is 18.2 Å². The summed E-state index contributed by atoms with van der Waals surface area (Å²) in [5.74, 6) is 1.10. The van der Waals surface area contributed by atoms with Crippen LogP contribution in [0.3, 0.4) is 0 Å². The van der Waals surface area contributed by atoms with E-state index in [1.54, 1.807) is 18.3 Å². The van der Waals surface area contributed by atoms with Crippen molar-refractivity contribution in [1.82, 2.24) is 15.1 Å². The molecule has 0 spiro atoms. The summed E-state index contributed by atoms with van der Waals surface area (Å²) >= 11 is 0. The van der Waals surface area contributed by atoms with Crippen molar-refractivity contribution in [2.75, 3.05) is 0 Å². The average Bonchev–Trinajstić information content (AvgIpc) is 2.75. The Hall–Kier alpha value is -2.22. The van der Waals surface area contributed by atoms with Crippen molar-refractivity contribution in [3.05, 3.63) is 29.8 Å². The van der Waals surface area contributed by atoms with Gasteiger partial charge in [-0.2, -0.15) is 10.2 Å². The molecule has 92 valence electrons. The van der Waals surface area contributed by atoms with Gasteiger partial charge in [0.05, 0.1) is 0 Å². The molecule has 5 heteroatoms. The van der Waals surface area contributed by atoms with E-state index in [1.807, 2.05) is 6.07 Å². The minimum Gasteiger partial charge on any atom is -0.334 e. The van der Waals surface area contributed by atoms with E-state index >= 15 is 0 Å². The molecular weight excluding hydrogens is 228 g/mol. The van der Waals surface area contributed by atoms with E-state index in [9.17, 15) is 0 Å². The van der Waals surface area contributed by atoms with E-state index < -0.39 is 0 Å². The van der Waals surface area contributed by atoms with Crippen LogP contribution in [0.25, 0.3) is 11.5 Å². The third-order valence-electron chi connectivity index (χ3n) is 2.28. The zero-order valence-corrected chi connectivity index (χ0v) is 10.6. The highest BCUT2D eigenvalue weighted by Crippen LogP contribution is 2.22. The van der Waals surface area contributed by atoms with Crippen LogP contribution in [0, 0.1) is 16.7 Å². The highest BCUT2D eigenvalue weighted by Gasteiger charge is 2.17. The molecule has 0 atom stereocenters. The molecule has 2 rings (SSSR count). The monoisotopic (exact) mass is 242 g/mol. The summed E-state index contributed by atoms with van der Waals surface area (Å²) in [5.41, 5.74) is 1.16. The molecule has 5 nitrogen and oxygen atoms in total. The van der Waals surface area contributed by atoms with Gasteiger partial charge in [0.15, 0.2) is 5.82 Å². The Morgan fingerprint density at radius 2 is 2.17 bits per heavy atom. The van der Waals surface area contributed by atoms with Crippen molar-refractivity contribution in [3.8, 4) is 17.5 Å². The van der Waals surface area contributed by atoms with Gasteiger partial charge in [-0.3, -0.25) is 0 Å². The molecule has 0 N–H and O–H groups in total. The predicted octanol–water partition coefficient (Wildman–Crippen LogP) is 2.59. The van der Waals surface area contributed by atoms with Crippen molar-refractivity contribution >= 4 is 0 Å². The molecule has 0 unspecified atom stereocenters. The fourth-order valence-corrected chi connectivity index (χ4v) is 1.54. The SMILES string of the molecule is CC(C)(C)Cc1noc(-c2ccnc(C#N)c2)n1. The van der Waals surface area contributed by atoms with Crippen LogP contribution in [0.2, 0.25) is 0 Å². The van der Waals surface area contributed by atoms with Crippen LogP contribution in [-0.4, -0.2) is 15.1 Å². The van der Waals surface area contributed by atoms with Gasteiger partial charge in [0.25, 0.3) is 5.89 Å². The maximum absolute atomic E-state index is 8.79. The summed E-state index contributed by atoms with van der Waals surface area (Å²) in [4.78, 5) is 8.22. The van der Waals surface area contributed by atoms with Crippen LogP contribution < -0.4 is 0 Å². The molecule has 0 amide bonds. The molecule has 0 radical (unpaired) electrons. The molecule has 2 heterocycles. The maximum Gasteiger partial charge on any atom is 0.258 e. The Balaban J connectivity index is 2.27. The Morgan fingerprint density at radius 1 is 1.39 bits per heavy atom. The Morgan fingerprint density at radius 3 is 2.83 bits per heavy atom. The third-order valence-corrected chi connectivity index (χ3v) is 2.28. The van der Waals surface area contributed by atoms with Gasteiger partial charge < -0.3 is 4.52 Å². The van der Waals surface area contributed by atoms with Gasteiger partial charge in [0.2, 0.25) is 0 Å². The number of aromatic nitrogens is 3. The van der Waals surface area contributed by atoms with Gasteiger partial charge in [-0.25, -0.2) is 4.98 Å². The van der Waals surface area contributed by atoms with Gasteiger partial charge >= 0.3 is 0 Å². The number of nitriles is 1. The minimum atomic E-state index is 0.108. The largest absolute Gasteiger partial charge is 0.334 e. The summed E-state index contributed by atoms with van der Waals surface area (Å²) in [5, 5.41) is 12.7. The lowest BCUT2D eigenvalue weighted by atomic mass is 9.92. The van der Waals surface area contributed by atoms with Gasteiger partial charge in [-0.15, -0.1) is 0 Å². The summed E-state index contributed by atoms with van der Waals surface area (Å²) in [6, 6.07) is 5.36. The van der Waals surface area contributed by atoms with Crippen molar-refractivity contribution in [2.45, 2.75) is 27.2 Å². The van der Waals surface area contributed by atoms with Gasteiger partial charge in [-0.05, 0) is 17.5 Å². The van der Waals surface area contributed by atoms with E-state index in [-0.39, 0.29) is 5.41 Å². The zero-order chi connectivity index (χ0) is 13.2. The van der Waals surface area contributed by atoms with Crippen molar-refractivity contribution in [1.29, 1.82) is 5.26 Å². The second-order valence-corrected chi connectivity index (χ2v) is 5.29. The van der Waals surface area contributed by atoms with Crippen LogP contribution in [-0.2, 0) is 6.42 Å². The lowest BCUT2D eigenvalue weighted by Gasteiger charge is -2.14. The van der Waals surface area contributed by atoms with Gasteiger partial charge in [0.1, 0.15) is 11.8 Å². The molecule has 0 fully saturated rings. The number of nitrogens with zero attached hydrogens (tertiary/aromatic N) is 4. The Labute approximate surface area is 105 Å². The molecule has 0 aliphatic rings. The lowest BCUT2D eigenvalue weighted by Crippen LogP contribution is -2.10. The first-order chi connectivity index (χ1) is 8.48. The first-order valence-electron chi connectivity index (χ1n) is 5.67. The normalized spacial score (nSPS) is 11.2. The average molecular weight is 242 g/mol. The van der Waals surface area contributed by atoms with Crippen LogP contribution in [0.15, 0.2) is 22.9 Å². The second kappa shape index (κ2) is 4.57. The molecule has 0 aliphatic carbocycles. The number of pyridine rings is 1. The summed E-state index contributed by atoms with van der Waals surface area (Å²) < 4.78 is 5.20. The molecule has 0 saturated heterocycles. The van der Waals surface area contributed by atoms with Crippen molar-refractivity contribution in [2.24, 2.45) is 5.41 Å². The second-order valence-electron chi connectivity index (χ2n) is 5.29. The molecule has 2 aromatic heterocycles. The summed E-state index contributed by atoms with van der Waals surface area (Å²) in [7, 11) is 0. The van der Waals surface area contributed by atoms with E-state index in [2.05, 4.69) is 35.9 Å². The van der Waals surface area contributed by atoms with Crippen LogP contribution >= 0.6 is 0 Å². The van der Waals surface area contributed by atoms with Crippen LogP contribution in [0.5, 0.6) is 0 Å². The van der Waals surface area contributed by atoms with E-state index in [1.165, 1.54) is 0 Å². The molecule has 0 bridgehead atoms. The molecular formula is C13H14N4O. The Bertz CT molecular complexity index is 590. The minimum absolute atomic E-state index is 0.108. The van der Waals surface area contributed by atoms with E-state index in [4.69, 9.17) is 9.78 Å². The summed E-state index contributed by atoms with van der Waals surface area (Å²) in [6.07, 6.45) is 2.30. The fraction of sp³-hybridized carbons (Fsp3) is 0.385. The van der Waals surface area contributed by atoms with Crippen molar-refractivity contribution in [3.63, 3.8) is 0 Å². The molecule has 0 aromatic carbocycles. The topological polar surface area (TPSA) is 75.6 Å². The third kappa shape index (κ3) is 2.92. The lowest BCUT2D eigenvalue weighted by molar-refractivity contribution is 0.374. The van der Waals surface area contributed by atoms with Crippen molar-refractivity contribution < 1.29 is 4.52 Å². The highest BCUT2D eigenvalue weighted by atomic mass is 16.5. The van der Waals surface area contributed by atoms with Crippen LogP contribution in [0.1, 0.15) is 32.3 Å². The maximum atomic E-state index is 8.79. The molecule has 0 saturated carbocycles. The zero-order valence-electron chi connectivity index (χ0n) is 10.6.